The molecule has 1 fully saturated rings. The van der Waals surface area contributed by atoms with Gasteiger partial charge in [-0.05, 0) is 42.2 Å². The first kappa shape index (κ1) is 15.3. The van der Waals surface area contributed by atoms with Crippen molar-refractivity contribution in [3.8, 4) is 0 Å². The van der Waals surface area contributed by atoms with E-state index in [4.69, 9.17) is 23.2 Å². The molecule has 0 spiro atoms. The van der Waals surface area contributed by atoms with Gasteiger partial charge in [-0.15, -0.1) is 0 Å². The van der Waals surface area contributed by atoms with Crippen LogP contribution in [0, 0.1) is 5.92 Å². The number of aromatic nitrogens is 1. The largest absolute Gasteiger partial charge is 0.334 e. The molecule has 0 saturated heterocycles. The lowest BCUT2D eigenvalue weighted by Gasteiger charge is -2.29. The van der Waals surface area contributed by atoms with Gasteiger partial charge in [0.2, 0.25) is 5.91 Å². The number of pyridine rings is 1. The SMILES string of the molecule is CN(C(=O)C1CC1)C(c1cccnc1)c1ccc(Cl)cc1Cl. The summed E-state index contributed by atoms with van der Waals surface area (Å²) in [6.45, 7) is 0. The lowest BCUT2D eigenvalue weighted by Crippen LogP contribution is -2.33. The Kier molecular flexibility index (Phi) is 4.37. The third-order valence-electron chi connectivity index (χ3n) is 3.92. The van der Waals surface area contributed by atoms with E-state index in [-0.39, 0.29) is 17.9 Å². The Morgan fingerprint density at radius 2 is 2.09 bits per heavy atom. The van der Waals surface area contributed by atoms with Crippen LogP contribution in [-0.4, -0.2) is 22.8 Å². The van der Waals surface area contributed by atoms with E-state index < -0.39 is 0 Å². The normalized spacial score (nSPS) is 15.4. The van der Waals surface area contributed by atoms with Crippen molar-refractivity contribution in [1.82, 2.24) is 9.88 Å². The van der Waals surface area contributed by atoms with Gasteiger partial charge in [-0.3, -0.25) is 9.78 Å². The lowest BCUT2D eigenvalue weighted by molar-refractivity contribution is -0.132. The fraction of sp³-hybridized carbons (Fsp3) is 0.294. The molecular weight excluding hydrogens is 319 g/mol. The first-order valence-corrected chi connectivity index (χ1v) is 7.95. The summed E-state index contributed by atoms with van der Waals surface area (Å²) in [6, 6.07) is 8.94. The molecule has 1 aromatic carbocycles. The molecule has 3 rings (SSSR count). The first-order valence-electron chi connectivity index (χ1n) is 7.19. The molecule has 0 bridgehead atoms. The Labute approximate surface area is 139 Å². The molecule has 2 aromatic rings. The molecule has 0 N–H and O–H groups in total. The first-order chi connectivity index (χ1) is 10.6. The Morgan fingerprint density at radius 3 is 2.68 bits per heavy atom. The average molecular weight is 335 g/mol. The summed E-state index contributed by atoms with van der Waals surface area (Å²) in [5, 5.41) is 1.13. The smallest absolute Gasteiger partial charge is 0.226 e. The molecule has 0 aliphatic heterocycles. The maximum atomic E-state index is 12.5. The fourth-order valence-electron chi connectivity index (χ4n) is 2.62. The maximum Gasteiger partial charge on any atom is 0.226 e. The Bertz CT molecular complexity index is 686. The second-order valence-corrected chi connectivity index (χ2v) is 6.42. The van der Waals surface area contributed by atoms with Crippen LogP contribution >= 0.6 is 23.2 Å². The van der Waals surface area contributed by atoms with E-state index in [1.807, 2.05) is 25.2 Å². The Balaban J connectivity index is 2.04. The molecule has 1 aliphatic rings. The van der Waals surface area contributed by atoms with E-state index in [1.165, 1.54) is 0 Å². The number of rotatable bonds is 4. The molecule has 1 saturated carbocycles. The number of amides is 1. The van der Waals surface area contributed by atoms with Crippen molar-refractivity contribution < 1.29 is 4.79 Å². The molecule has 1 atom stereocenters. The Morgan fingerprint density at radius 1 is 1.32 bits per heavy atom. The lowest BCUT2D eigenvalue weighted by atomic mass is 9.98. The molecule has 1 amide bonds. The fourth-order valence-corrected chi connectivity index (χ4v) is 3.13. The zero-order valence-corrected chi connectivity index (χ0v) is 13.7. The van der Waals surface area contributed by atoms with Crippen LogP contribution in [0.1, 0.15) is 30.0 Å². The van der Waals surface area contributed by atoms with Crippen molar-refractivity contribution in [3.05, 3.63) is 63.9 Å². The highest BCUT2D eigenvalue weighted by Crippen LogP contribution is 2.38. The topological polar surface area (TPSA) is 33.2 Å². The molecular formula is C17H16Cl2N2O. The predicted octanol–water partition coefficient (Wildman–Crippen LogP) is 4.35. The number of hydrogen-bond acceptors (Lipinski definition) is 2. The summed E-state index contributed by atoms with van der Waals surface area (Å²) in [5.41, 5.74) is 1.79. The summed E-state index contributed by atoms with van der Waals surface area (Å²) < 4.78 is 0. The minimum atomic E-state index is -0.258. The zero-order valence-electron chi connectivity index (χ0n) is 12.2. The van der Waals surface area contributed by atoms with Crippen LogP contribution in [0.15, 0.2) is 42.7 Å². The number of carbonyl (C=O) groups excluding carboxylic acids is 1. The molecule has 1 aliphatic carbocycles. The highest BCUT2D eigenvalue weighted by molar-refractivity contribution is 6.35. The molecule has 3 nitrogen and oxygen atoms in total. The van der Waals surface area contributed by atoms with Crippen molar-refractivity contribution in [3.63, 3.8) is 0 Å². The minimum absolute atomic E-state index is 0.148. The highest BCUT2D eigenvalue weighted by atomic mass is 35.5. The van der Waals surface area contributed by atoms with Crippen LogP contribution < -0.4 is 0 Å². The van der Waals surface area contributed by atoms with Crippen LogP contribution in [0.5, 0.6) is 0 Å². The van der Waals surface area contributed by atoms with Gasteiger partial charge < -0.3 is 4.90 Å². The quantitative estimate of drug-likeness (QED) is 0.832. The van der Waals surface area contributed by atoms with Crippen LogP contribution in [0.25, 0.3) is 0 Å². The summed E-state index contributed by atoms with van der Waals surface area (Å²) in [6.07, 6.45) is 5.42. The molecule has 5 heteroatoms. The van der Waals surface area contributed by atoms with Gasteiger partial charge in [-0.25, -0.2) is 0 Å². The summed E-state index contributed by atoms with van der Waals surface area (Å²) >= 11 is 12.4. The molecule has 1 aromatic heterocycles. The second kappa shape index (κ2) is 6.27. The second-order valence-electron chi connectivity index (χ2n) is 5.58. The van der Waals surface area contributed by atoms with Crippen LogP contribution in [0.4, 0.5) is 0 Å². The molecule has 1 heterocycles. The number of carbonyl (C=O) groups is 1. The highest BCUT2D eigenvalue weighted by Gasteiger charge is 2.36. The molecule has 22 heavy (non-hydrogen) atoms. The maximum absolute atomic E-state index is 12.5. The number of halogens is 2. The van der Waals surface area contributed by atoms with Crippen molar-refractivity contribution in [2.45, 2.75) is 18.9 Å². The minimum Gasteiger partial charge on any atom is -0.334 e. The van der Waals surface area contributed by atoms with E-state index in [1.54, 1.807) is 29.4 Å². The number of benzene rings is 1. The van der Waals surface area contributed by atoms with Gasteiger partial charge in [-0.2, -0.15) is 0 Å². The Hall–Kier alpha value is -1.58. The summed E-state index contributed by atoms with van der Waals surface area (Å²) in [5.74, 6) is 0.301. The number of hydrogen-bond donors (Lipinski definition) is 0. The third-order valence-corrected chi connectivity index (χ3v) is 4.48. The van der Waals surface area contributed by atoms with Gasteiger partial charge in [-0.1, -0.05) is 35.3 Å². The van der Waals surface area contributed by atoms with Crippen molar-refractivity contribution >= 4 is 29.1 Å². The van der Waals surface area contributed by atoms with E-state index in [9.17, 15) is 4.79 Å². The van der Waals surface area contributed by atoms with E-state index in [0.29, 0.717) is 10.0 Å². The van der Waals surface area contributed by atoms with Gasteiger partial charge in [0, 0.05) is 35.4 Å². The van der Waals surface area contributed by atoms with Gasteiger partial charge in [0.1, 0.15) is 0 Å². The third kappa shape index (κ3) is 3.11. The van der Waals surface area contributed by atoms with Crippen LogP contribution in [-0.2, 0) is 4.79 Å². The van der Waals surface area contributed by atoms with Crippen LogP contribution in [0.2, 0.25) is 10.0 Å². The molecule has 0 radical (unpaired) electrons. The summed E-state index contributed by atoms with van der Waals surface area (Å²) in [4.78, 5) is 18.4. The van der Waals surface area contributed by atoms with Crippen LogP contribution in [0.3, 0.4) is 0 Å². The zero-order chi connectivity index (χ0) is 15.7. The van der Waals surface area contributed by atoms with Gasteiger partial charge >= 0.3 is 0 Å². The van der Waals surface area contributed by atoms with Crippen molar-refractivity contribution in [1.29, 1.82) is 0 Å². The van der Waals surface area contributed by atoms with Gasteiger partial charge in [0.05, 0.1) is 6.04 Å². The van der Waals surface area contributed by atoms with Gasteiger partial charge in [0.25, 0.3) is 0 Å². The average Bonchev–Trinajstić information content (AvgIpc) is 3.34. The molecule has 1 unspecified atom stereocenters. The molecule has 114 valence electrons. The van der Waals surface area contributed by atoms with E-state index in [0.717, 1.165) is 24.0 Å². The standard InChI is InChI=1S/C17H16Cl2N2O/c1-21(17(22)11-4-5-11)16(12-3-2-8-20-10-12)14-7-6-13(18)9-15(14)19/h2-3,6-11,16H,4-5H2,1H3. The monoisotopic (exact) mass is 334 g/mol. The number of nitrogens with zero attached hydrogens (tertiary/aromatic N) is 2. The van der Waals surface area contributed by atoms with Gasteiger partial charge in [0.15, 0.2) is 0 Å². The summed E-state index contributed by atoms with van der Waals surface area (Å²) in [7, 11) is 1.82. The van der Waals surface area contributed by atoms with Crippen molar-refractivity contribution in [2.24, 2.45) is 5.92 Å². The van der Waals surface area contributed by atoms with E-state index >= 15 is 0 Å². The van der Waals surface area contributed by atoms with Crippen molar-refractivity contribution in [2.75, 3.05) is 7.05 Å². The predicted molar refractivity (Wildman–Crippen MR) is 88.0 cm³/mol. The van der Waals surface area contributed by atoms with E-state index in [2.05, 4.69) is 4.98 Å².